The van der Waals surface area contributed by atoms with E-state index in [2.05, 4.69) is 36.6 Å². The van der Waals surface area contributed by atoms with Crippen LogP contribution >= 0.6 is 11.8 Å². The first-order valence-electron chi connectivity index (χ1n) is 10.3. The molecule has 1 aromatic heterocycles. The van der Waals surface area contributed by atoms with Crippen LogP contribution in [0.2, 0.25) is 0 Å². The first kappa shape index (κ1) is 23.0. The first-order chi connectivity index (χ1) is 13.8. The van der Waals surface area contributed by atoms with Gasteiger partial charge in [0.15, 0.2) is 11.1 Å². The van der Waals surface area contributed by atoms with Crippen LogP contribution in [0.5, 0.6) is 0 Å². The fourth-order valence-corrected chi connectivity index (χ4v) is 4.02. The Bertz CT molecular complexity index is 575. The lowest BCUT2D eigenvalue weighted by Gasteiger charge is -2.16. The molecule has 28 heavy (non-hydrogen) atoms. The fourth-order valence-electron chi connectivity index (χ4n) is 3.45. The van der Waals surface area contributed by atoms with Crippen LogP contribution in [-0.2, 0) is 15.9 Å². The van der Waals surface area contributed by atoms with Crippen LogP contribution in [0.25, 0.3) is 0 Å². The Morgan fingerprint density at radius 2 is 1.89 bits per heavy atom. The molecule has 1 heterocycles. The minimum absolute atomic E-state index is 0.584. The van der Waals surface area contributed by atoms with E-state index in [1.165, 1.54) is 25.7 Å². The molecular weight excluding hydrogens is 376 g/mol. The van der Waals surface area contributed by atoms with Crippen LogP contribution in [-0.4, -0.2) is 74.0 Å². The molecule has 1 saturated carbocycles. The van der Waals surface area contributed by atoms with Crippen LogP contribution in [0.4, 0.5) is 0 Å². The molecule has 1 aliphatic rings. The van der Waals surface area contributed by atoms with Crippen molar-refractivity contribution in [2.75, 3.05) is 53.3 Å². The standard InChI is InChI=1S/C19H36N6O2S/c1-20-18(22-12-7-13-27-15-14-26-2)21-11-6-10-17-23-24-19(28-3)25(17)16-8-4-5-9-16/h16H,4-15H2,1-3H3,(H2,20,21,22). The molecule has 1 aliphatic carbocycles. The number of aryl methyl sites for hydroxylation is 1. The molecule has 9 heteroatoms. The van der Waals surface area contributed by atoms with E-state index < -0.39 is 0 Å². The van der Waals surface area contributed by atoms with Gasteiger partial charge >= 0.3 is 0 Å². The SMILES string of the molecule is CN=C(NCCCOCCOC)NCCCc1nnc(SC)n1C1CCCC1. The quantitative estimate of drug-likeness (QED) is 0.222. The van der Waals surface area contributed by atoms with E-state index >= 15 is 0 Å². The van der Waals surface area contributed by atoms with Crippen LogP contribution in [0.15, 0.2) is 10.1 Å². The van der Waals surface area contributed by atoms with Crippen molar-refractivity contribution in [1.82, 2.24) is 25.4 Å². The highest BCUT2D eigenvalue weighted by atomic mass is 32.2. The van der Waals surface area contributed by atoms with Gasteiger partial charge in [-0.05, 0) is 31.9 Å². The normalized spacial score (nSPS) is 15.3. The van der Waals surface area contributed by atoms with E-state index in [9.17, 15) is 0 Å². The second-order valence-corrected chi connectivity index (χ2v) is 7.67. The number of aromatic nitrogens is 3. The number of methoxy groups -OCH3 is 1. The van der Waals surface area contributed by atoms with Gasteiger partial charge in [-0.25, -0.2) is 0 Å². The lowest BCUT2D eigenvalue weighted by molar-refractivity contribution is 0.0698. The number of nitrogens with one attached hydrogen (secondary N) is 2. The van der Waals surface area contributed by atoms with Gasteiger partial charge in [-0.3, -0.25) is 4.99 Å². The van der Waals surface area contributed by atoms with Crippen molar-refractivity contribution in [3.05, 3.63) is 5.82 Å². The van der Waals surface area contributed by atoms with Crippen LogP contribution in [0, 0.1) is 0 Å². The average Bonchev–Trinajstić information content (AvgIpc) is 3.37. The average molecular weight is 413 g/mol. The van der Waals surface area contributed by atoms with Crippen LogP contribution in [0.3, 0.4) is 0 Å². The molecule has 160 valence electrons. The maximum absolute atomic E-state index is 5.46. The van der Waals surface area contributed by atoms with Gasteiger partial charge in [0.05, 0.1) is 13.2 Å². The number of hydrogen-bond acceptors (Lipinski definition) is 6. The zero-order valence-corrected chi connectivity index (χ0v) is 18.4. The summed E-state index contributed by atoms with van der Waals surface area (Å²) in [6, 6.07) is 0.584. The van der Waals surface area contributed by atoms with E-state index in [-0.39, 0.29) is 0 Å². The van der Waals surface area contributed by atoms with Crippen molar-refractivity contribution in [2.45, 2.75) is 56.1 Å². The summed E-state index contributed by atoms with van der Waals surface area (Å²) in [4.78, 5) is 4.27. The number of nitrogens with zero attached hydrogens (tertiary/aromatic N) is 4. The van der Waals surface area contributed by atoms with E-state index in [4.69, 9.17) is 9.47 Å². The lowest BCUT2D eigenvalue weighted by Crippen LogP contribution is -2.38. The molecule has 0 spiro atoms. The van der Waals surface area contributed by atoms with Crippen LogP contribution < -0.4 is 10.6 Å². The number of thioether (sulfide) groups is 1. The number of hydrogen-bond donors (Lipinski definition) is 2. The second kappa shape index (κ2) is 13.8. The van der Waals surface area contributed by atoms with E-state index in [1.54, 1.807) is 25.9 Å². The lowest BCUT2D eigenvalue weighted by atomic mass is 10.2. The van der Waals surface area contributed by atoms with Gasteiger partial charge in [-0.1, -0.05) is 24.6 Å². The zero-order chi connectivity index (χ0) is 20.0. The van der Waals surface area contributed by atoms with Crippen molar-refractivity contribution in [3.8, 4) is 0 Å². The second-order valence-electron chi connectivity index (χ2n) is 6.90. The highest BCUT2D eigenvalue weighted by Crippen LogP contribution is 2.33. The Balaban J connectivity index is 1.65. The molecule has 0 saturated heterocycles. The zero-order valence-electron chi connectivity index (χ0n) is 17.6. The Morgan fingerprint density at radius 1 is 1.14 bits per heavy atom. The third kappa shape index (κ3) is 7.60. The number of guanidine groups is 1. The summed E-state index contributed by atoms with van der Waals surface area (Å²) in [5.74, 6) is 1.95. The molecule has 1 aromatic rings. The minimum atomic E-state index is 0.584. The van der Waals surface area contributed by atoms with Crippen molar-refractivity contribution < 1.29 is 9.47 Å². The van der Waals surface area contributed by atoms with Gasteiger partial charge in [0.1, 0.15) is 5.82 Å². The van der Waals surface area contributed by atoms with E-state index in [0.29, 0.717) is 19.3 Å². The molecule has 0 atom stereocenters. The van der Waals surface area contributed by atoms with E-state index in [1.807, 2.05) is 0 Å². The van der Waals surface area contributed by atoms with Crippen molar-refractivity contribution in [3.63, 3.8) is 0 Å². The molecule has 2 rings (SSSR count). The number of rotatable bonds is 13. The fraction of sp³-hybridized carbons (Fsp3) is 0.842. The predicted molar refractivity (Wildman–Crippen MR) is 114 cm³/mol. The molecule has 0 aliphatic heterocycles. The third-order valence-corrected chi connectivity index (χ3v) is 5.53. The smallest absolute Gasteiger partial charge is 0.191 e. The third-order valence-electron chi connectivity index (χ3n) is 4.89. The summed E-state index contributed by atoms with van der Waals surface area (Å²) in [7, 11) is 3.48. The molecule has 0 bridgehead atoms. The molecule has 2 N–H and O–H groups in total. The Labute approximate surface area is 173 Å². The molecule has 0 aromatic carbocycles. The summed E-state index contributed by atoms with van der Waals surface area (Å²) in [6.45, 7) is 3.70. The van der Waals surface area contributed by atoms with Gasteiger partial charge in [0.25, 0.3) is 0 Å². The topological polar surface area (TPSA) is 85.6 Å². The van der Waals surface area contributed by atoms with Gasteiger partial charge in [0, 0.05) is 46.3 Å². The number of aliphatic imine (C=N–C) groups is 1. The maximum Gasteiger partial charge on any atom is 0.191 e. The van der Waals surface area contributed by atoms with Gasteiger partial charge in [-0.2, -0.15) is 0 Å². The maximum atomic E-state index is 5.46. The summed E-state index contributed by atoms with van der Waals surface area (Å²) in [6.07, 6.45) is 10.1. The molecule has 8 nitrogen and oxygen atoms in total. The van der Waals surface area contributed by atoms with Crippen molar-refractivity contribution in [2.24, 2.45) is 4.99 Å². The van der Waals surface area contributed by atoms with Gasteiger partial charge in [0.2, 0.25) is 0 Å². The highest BCUT2D eigenvalue weighted by Gasteiger charge is 2.23. The largest absolute Gasteiger partial charge is 0.382 e. The van der Waals surface area contributed by atoms with Gasteiger partial charge < -0.3 is 24.7 Å². The monoisotopic (exact) mass is 412 g/mol. The minimum Gasteiger partial charge on any atom is -0.382 e. The Hall–Kier alpha value is -1.32. The van der Waals surface area contributed by atoms with Crippen molar-refractivity contribution in [1.29, 1.82) is 0 Å². The predicted octanol–water partition coefficient (Wildman–Crippen LogP) is 2.27. The van der Waals surface area contributed by atoms with E-state index in [0.717, 1.165) is 55.9 Å². The molecule has 0 unspecified atom stereocenters. The summed E-state index contributed by atoms with van der Waals surface area (Å²) in [5, 5.41) is 16.6. The Kier molecular flexibility index (Phi) is 11.3. The summed E-state index contributed by atoms with van der Waals surface area (Å²) >= 11 is 1.70. The first-order valence-corrected chi connectivity index (χ1v) is 11.5. The number of ether oxygens (including phenoxy) is 2. The molecule has 1 fully saturated rings. The van der Waals surface area contributed by atoms with Crippen LogP contribution in [0.1, 0.15) is 50.4 Å². The van der Waals surface area contributed by atoms with Crippen molar-refractivity contribution >= 4 is 17.7 Å². The molecule has 0 amide bonds. The van der Waals surface area contributed by atoms with Gasteiger partial charge in [-0.15, -0.1) is 10.2 Å². The highest BCUT2D eigenvalue weighted by molar-refractivity contribution is 7.98. The summed E-state index contributed by atoms with van der Waals surface area (Å²) < 4.78 is 12.8. The molecular formula is C19H36N6O2S. The Morgan fingerprint density at radius 3 is 2.57 bits per heavy atom. The molecule has 0 radical (unpaired) electrons. The summed E-state index contributed by atoms with van der Waals surface area (Å²) in [5.41, 5.74) is 0.